The average molecular weight is 363 g/mol. The molecule has 27 heavy (non-hydrogen) atoms. The second-order valence-corrected chi connectivity index (χ2v) is 7.25. The Morgan fingerprint density at radius 2 is 1.74 bits per heavy atom. The zero-order valence-electron chi connectivity index (χ0n) is 16.1. The number of benzene rings is 1. The fourth-order valence-electron chi connectivity index (χ4n) is 3.71. The maximum Gasteiger partial charge on any atom is 0.131 e. The second-order valence-electron chi connectivity index (χ2n) is 7.25. The summed E-state index contributed by atoms with van der Waals surface area (Å²) in [6.45, 7) is 8.15. The number of rotatable bonds is 4. The van der Waals surface area contributed by atoms with Crippen molar-refractivity contribution in [3.05, 3.63) is 53.3 Å². The topological polar surface area (TPSA) is 64.9 Å². The van der Waals surface area contributed by atoms with Gasteiger partial charge in [0.2, 0.25) is 0 Å². The maximum atomic E-state index is 6.10. The number of nitrogens with zero attached hydrogens (tertiary/aromatic N) is 4. The third-order valence-electron chi connectivity index (χ3n) is 4.92. The summed E-state index contributed by atoms with van der Waals surface area (Å²) in [5.74, 6) is 1.61. The summed E-state index contributed by atoms with van der Waals surface area (Å²) < 4.78 is 8.14. The zero-order chi connectivity index (χ0) is 18.8. The number of hydrogen-bond donors (Lipinski definition) is 1. The van der Waals surface area contributed by atoms with Crippen LogP contribution in [0.3, 0.4) is 0 Å². The molecule has 0 amide bonds. The molecule has 1 aliphatic rings. The molecule has 1 fully saturated rings. The predicted molar refractivity (Wildman–Crippen MR) is 105 cm³/mol. The minimum atomic E-state index is 0.355. The highest BCUT2D eigenvalue weighted by Crippen LogP contribution is 2.30. The number of aromatic nitrogens is 4. The monoisotopic (exact) mass is 363 g/mol. The summed E-state index contributed by atoms with van der Waals surface area (Å²) in [5.41, 5.74) is 5.09. The molecule has 2 aromatic heterocycles. The molecule has 6 heteroatoms. The van der Waals surface area contributed by atoms with E-state index in [1.807, 2.05) is 35.9 Å². The molecule has 4 rings (SSSR count). The predicted octanol–water partition coefficient (Wildman–Crippen LogP) is 3.98. The van der Waals surface area contributed by atoms with Gasteiger partial charge < -0.3 is 10.1 Å². The molecule has 140 valence electrons. The lowest BCUT2D eigenvalue weighted by Crippen LogP contribution is -2.30. The smallest absolute Gasteiger partial charge is 0.131 e. The number of hydrogen-bond acceptors (Lipinski definition) is 5. The molecule has 0 radical (unpaired) electrons. The Morgan fingerprint density at radius 3 is 2.48 bits per heavy atom. The number of aryl methyl sites for hydroxylation is 3. The van der Waals surface area contributed by atoms with Crippen LogP contribution in [0.1, 0.15) is 35.7 Å². The summed E-state index contributed by atoms with van der Waals surface area (Å²) in [7, 11) is 0. The molecule has 3 heterocycles. The number of piperidine rings is 1. The van der Waals surface area contributed by atoms with Gasteiger partial charge in [-0.25, -0.2) is 4.68 Å². The lowest BCUT2D eigenvalue weighted by atomic mass is 10.1. The fraction of sp³-hybridized carbons (Fsp3) is 0.381. The molecule has 0 atom stereocenters. The Balaban J connectivity index is 1.66. The van der Waals surface area contributed by atoms with E-state index in [1.54, 1.807) is 6.20 Å². The number of nitrogens with one attached hydrogen (secondary N) is 1. The Hall–Kier alpha value is -2.73. The molecule has 3 aromatic rings. The molecule has 0 unspecified atom stereocenters. The van der Waals surface area contributed by atoms with Crippen molar-refractivity contribution in [1.29, 1.82) is 0 Å². The third kappa shape index (κ3) is 3.85. The molecule has 1 N–H and O–H groups in total. The summed E-state index contributed by atoms with van der Waals surface area (Å²) in [6, 6.07) is 10.4. The van der Waals surface area contributed by atoms with Crippen molar-refractivity contribution in [1.82, 2.24) is 25.3 Å². The van der Waals surface area contributed by atoms with Crippen molar-refractivity contribution in [3.8, 4) is 22.9 Å². The van der Waals surface area contributed by atoms with Crippen LogP contribution in [0, 0.1) is 20.8 Å². The lowest BCUT2D eigenvalue weighted by molar-refractivity contribution is 0.340. The van der Waals surface area contributed by atoms with E-state index in [9.17, 15) is 0 Å². The van der Waals surface area contributed by atoms with Crippen molar-refractivity contribution < 1.29 is 4.74 Å². The van der Waals surface area contributed by atoms with Crippen molar-refractivity contribution in [2.24, 2.45) is 0 Å². The Kier molecular flexibility index (Phi) is 4.90. The Bertz CT molecular complexity index is 923. The van der Waals surface area contributed by atoms with Gasteiger partial charge in [-0.15, -0.1) is 5.10 Å². The normalized spacial score (nSPS) is 15.1. The van der Waals surface area contributed by atoms with Crippen LogP contribution in [0.5, 0.6) is 11.5 Å². The zero-order valence-corrected chi connectivity index (χ0v) is 16.1. The molecular formula is C21H25N5O. The average Bonchev–Trinajstić information content (AvgIpc) is 3.03. The SMILES string of the molecule is Cc1cc(C)cc(Oc2ccnc(-c3c(C)nnn3C3CCNCC3)c2)c1. The van der Waals surface area contributed by atoms with Gasteiger partial charge in [0.15, 0.2) is 0 Å². The summed E-state index contributed by atoms with van der Waals surface area (Å²) in [4.78, 5) is 4.58. The van der Waals surface area contributed by atoms with Crippen LogP contribution < -0.4 is 10.1 Å². The molecular weight excluding hydrogens is 338 g/mol. The van der Waals surface area contributed by atoms with Crippen LogP contribution in [-0.4, -0.2) is 33.1 Å². The van der Waals surface area contributed by atoms with Crippen LogP contribution in [0.15, 0.2) is 36.5 Å². The highest BCUT2D eigenvalue weighted by atomic mass is 16.5. The van der Waals surface area contributed by atoms with E-state index >= 15 is 0 Å². The maximum absolute atomic E-state index is 6.10. The van der Waals surface area contributed by atoms with Crippen molar-refractivity contribution in [2.45, 2.75) is 39.7 Å². The van der Waals surface area contributed by atoms with E-state index in [0.717, 1.165) is 54.5 Å². The van der Waals surface area contributed by atoms with E-state index < -0.39 is 0 Å². The Labute approximate surface area is 159 Å². The fourth-order valence-corrected chi connectivity index (χ4v) is 3.71. The van der Waals surface area contributed by atoms with Crippen LogP contribution in [-0.2, 0) is 0 Å². The molecule has 1 saturated heterocycles. The van der Waals surface area contributed by atoms with Gasteiger partial charge in [-0.1, -0.05) is 11.3 Å². The van der Waals surface area contributed by atoms with Gasteiger partial charge >= 0.3 is 0 Å². The number of ether oxygens (including phenoxy) is 1. The minimum absolute atomic E-state index is 0.355. The molecule has 0 saturated carbocycles. The molecule has 1 aliphatic heterocycles. The van der Waals surface area contributed by atoms with E-state index in [4.69, 9.17) is 4.74 Å². The van der Waals surface area contributed by atoms with Crippen LogP contribution in [0.2, 0.25) is 0 Å². The summed E-state index contributed by atoms with van der Waals surface area (Å²) in [5, 5.41) is 12.1. The highest BCUT2D eigenvalue weighted by Gasteiger charge is 2.22. The van der Waals surface area contributed by atoms with E-state index in [2.05, 4.69) is 40.5 Å². The van der Waals surface area contributed by atoms with Gasteiger partial charge in [-0.05, 0) is 76.0 Å². The molecule has 0 bridgehead atoms. The third-order valence-corrected chi connectivity index (χ3v) is 4.92. The standard InChI is InChI=1S/C21H25N5O/c1-14-10-15(2)12-19(11-14)27-18-6-9-23-20(13-18)21-16(3)24-25-26(21)17-4-7-22-8-5-17/h6,9-13,17,22H,4-5,7-8H2,1-3H3. The van der Waals surface area contributed by atoms with Gasteiger partial charge in [-0.3, -0.25) is 4.98 Å². The first kappa shape index (κ1) is 17.7. The van der Waals surface area contributed by atoms with E-state index in [0.29, 0.717) is 6.04 Å². The number of pyridine rings is 1. The molecule has 6 nitrogen and oxygen atoms in total. The minimum Gasteiger partial charge on any atom is -0.457 e. The van der Waals surface area contributed by atoms with Crippen molar-refractivity contribution >= 4 is 0 Å². The first-order chi connectivity index (χ1) is 13.1. The second kappa shape index (κ2) is 7.48. The lowest BCUT2D eigenvalue weighted by Gasteiger charge is -2.24. The molecule has 0 spiro atoms. The first-order valence-electron chi connectivity index (χ1n) is 9.45. The first-order valence-corrected chi connectivity index (χ1v) is 9.45. The van der Waals surface area contributed by atoms with Gasteiger partial charge in [0.05, 0.1) is 17.4 Å². The van der Waals surface area contributed by atoms with Gasteiger partial charge in [0.25, 0.3) is 0 Å². The van der Waals surface area contributed by atoms with Crippen LogP contribution in [0.25, 0.3) is 11.4 Å². The van der Waals surface area contributed by atoms with E-state index in [-0.39, 0.29) is 0 Å². The summed E-state index contributed by atoms with van der Waals surface area (Å²) >= 11 is 0. The largest absolute Gasteiger partial charge is 0.457 e. The highest BCUT2D eigenvalue weighted by molar-refractivity contribution is 5.59. The quantitative estimate of drug-likeness (QED) is 0.759. The molecule has 1 aromatic carbocycles. The van der Waals surface area contributed by atoms with Gasteiger partial charge in [0, 0.05) is 12.3 Å². The van der Waals surface area contributed by atoms with E-state index in [1.165, 1.54) is 11.1 Å². The molecule has 0 aliphatic carbocycles. The van der Waals surface area contributed by atoms with Crippen LogP contribution in [0.4, 0.5) is 0 Å². The Morgan fingerprint density at radius 1 is 1.00 bits per heavy atom. The van der Waals surface area contributed by atoms with Crippen molar-refractivity contribution in [3.63, 3.8) is 0 Å². The van der Waals surface area contributed by atoms with Gasteiger partial charge in [-0.2, -0.15) is 0 Å². The van der Waals surface area contributed by atoms with Gasteiger partial charge in [0.1, 0.15) is 17.2 Å². The van der Waals surface area contributed by atoms with Crippen molar-refractivity contribution in [2.75, 3.05) is 13.1 Å². The summed E-state index contributed by atoms with van der Waals surface area (Å²) in [6.07, 6.45) is 3.88. The van der Waals surface area contributed by atoms with Crippen LogP contribution >= 0.6 is 0 Å².